The maximum atomic E-state index is 12.1. The second-order valence-electron chi connectivity index (χ2n) is 6.54. The predicted molar refractivity (Wildman–Crippen MR) is 94.5 cm³/mol. The van der Waals surface area contributed by atoms with Crippen molar-refractivity contribution in [2.24, 2.45) is 11.8 Å². The molecule has 0 aromatic carbocycles. The predicted octanol–water partition coefficient (Wildman–Crippen LogP) is 1.10. The highest BCUT2D eigenvalue weighted by molar-refractivity contribution is 5.79. The lowest BCUT2D eigenvalue weighted by molar-refractivity contribution is -0.192. The van der Waals surface area contributed by atoms with Crippen LogP contribution < -0.4 is 15.0 Å². The minimum absolute atomic E-state index is 0.00952. The highest BCUT2D eigenvalue weighted by atomic mass is 19.4. The molecule has 0 saturated carbocycles. The molecule has 2 aliphatic rings. The van der Waals surface area contributed by atoms with Gasteiger partial charge in [0.1, 0.15) is 12.1 Å². The average molecular weight is 420 g/mol. The van der Waals surface area contributed by atoms with Crippen molar-refractivity contribution in [3.05, 3.63) is 12.4 Å². The summed E-state index contributed by atoms with van der Waals surface area (Å²) in [7, 11) is 3.29. The monoisotopic (exact) mass is 420 g/mol. The lowest BCUT2D eigenvalue weighted by Crippen LogP contribution is -2.53. The Balaban J connectivity index is 0.000000370. The maximum Gasteiger partial charge on any atom is 0.490 e. The summed E-state index contributed by atoms with van der Waals surface area (Å²) in [6.45, 7) is 2.30. The van der Waals surface area contributed by atoms with Crippen LogP contribution in [0.2, 0.25) is 0 Å². The molecule has 0 aliphatic carbocycles. The fourth-order valence-corrected chi connectivity index (χ4v) is 3.45. The van der Waals surface area contributed by atoms with E-state index in [-0.39, 0.29) is 23.8 Å². The van der Waals surface area contributed by atoms with Crippen molar-refractivity contribution in [1.29, 1.82) is 0 Å². The molecule has 3 atom stereocenters. The Labute approximate surface area is 165 Å². The number of rotatable bonds is 3. The number of halogens is 3. The standard InChI is InChI=1S/C15H22N4O3.C2HF3O2/c1-16-15(20)10-4-6-22-12-3-5-19(8-11(10)12)13-7-14(21-2)18-9-17-13;3-2(4,5)1(6)7/h7,9-12H,3-6,8H2,1-2H3,(H,16,20);(H,6,7)/t10-,11+,12-;/m1./s1. The molecule has 2 N–H and O–H groups in total. The number of amides is 1. The Kier molecular flexibility index (Phi) is 7.59. The maximum absolute atomic E-state index is 12.1. The number of fused-ring (bicyclic) bond motifs is 1. The second-order valence-corrected chi connectivity index (χ2v) is 6.54. The van der Waals surface area contributed by atoms with E-state index >= 15 is 0 Å². The molecule has 2 fully saturated rings. The van der Waals surface area contributed by atoms with Gasteiger partial charge < -0.3 is 24.8 Å². The van der Waals surface area contributed by atoms with Gasteiger partial charge in [-0.05, 0) is 12.8 Å². The van der Waals surface area contributed by atoms with E-state index in [0.717, 1.165) is 31.7 Å². The SMILES string of the molecule is CNC(=O)[C@@H]1CCO[C@@H]2CCN(c3cc(OC)ncn3)C[C@H]21.O=C(O)C(F)(F)F. The number of hydrogen-bond donors (Lipinski definition) is 2. The molecule has 0 bridgehead atoms. The summed E-state index contributed by atoms with van der Waals surface area (Å²) in [5.74, 6) is -1.05. The number of nitrogens with one attached hydrogen (secondary N) is 1. The zero-order chi connectivity index (χ0) is 21.6. The number of methoxy groups -OCH3 is 1. The van der Waals surface area contributed by atoms with Crippen LogP contribution in [0.3, 0.4) is 0 Å². The summed E-state index contributed by atoms with van der Waals surface area (Å²) in [4.78, 5) is 31.6. The van der Waals surface area contributed by atoms with Gasteiger partial charge in [0.2, 0.25) is 11.8 Å². The molecule has 1 aromatic heterocycles. The van der Waals surface area contributed by atoms with Crippen LogP contribution in [0.15, 0.2) is 12.4 Å². The van der Waals surface area contributed by atoms with Gasteiger partial charge in [-0.25, -0.2) is 14.8 Å². The molecule has 0 unspecified atom stereocenters. The summed E-state index contributed by atoms with van der Waals surface area (Å²) in [5, 5.41) is 9.91. The Bertz CT molecular complexity index is 719. The van der Waals surface area contributed by atoms with Gasteiger partial charge in [0.15, 0.2) is 0 Å². The van der Waals surface area contributed by atoms with Crippen LogP contribution >= 0.6 is 0 Å². The van der Waals surface area contributed by atoms with E-state index in [4.69, 9.17) is 19.4 Å². The molecular weight excluding hydrogens is 397 g/mol. The first kappa shape index (κ1) is 22.7. The van der Waals surface area contributed by atoms with Gasteiger partial charge in [0.25, 0.3) is 0 Å². The van der Waals surface area contributed by atoms with Crippen molar-refractivity contribution in [3.63, 3.8) is 0 Å². The number of piperidine rings is 1. The van der Waals surface area contributed by atoms with E-state index in [1.54, 1.807) is 14.2 Å². The molecule has 3 rings (SSSR count). The quantitative estimate of drug-likeness (QED) is 0.747. The van der Waals surface area contributed by atoms with Crippen molar-refractivity contribution in [1.82, 2.24) is 15.3 Å². The molecule has 0 spiro atoms. The number of alkyl halides is 3. The highest BCUT2D eigenvalue weighted by Gasteiger charge is 2.41. The fraction of sp³-hybridized carbons (Fsp3) is 0.647. The van der Waals surface area contributed by atoms with Crippen LogP contribution in [-0.4, -0.2) is 73.1 Å². The highest BCUT2D eigenvalue weighted by Crippen LogP contribution is 2.34. The Hall–Kier alpha value is -2.63. The van der Waals surface area contributed by atoms with Crippen LogP contribution in [-0.2, 0) is 14.3 Å². The minimum Gasteiger partial charge on any atom is -0.481 e. The van der Waals surface area contributed by atoms with Gasteiger partial charge >= 0.3 is 12.1 Å². The third-order valence-electron chi connectivity index (χ3n) is 4.86. The van der Waals surface area contributed by atoms with Crippen LogP contribution in [0, 0.1) is 11.8 Å². The van der Waals surface area contributed by atoms with E-state index in [1.165, 1.54) is 6.33 Å². The van der Waals surface area contributed by atoms with Crippen LogP contribution in [0.4, 0.5) is 19.0 Å². The summed E-state index contributed by atoms with van der Waals surface area (Å²) >= 11 is 0. The number of anilines is 1. The molecular formula is C17H23F3N4O5. The molecule has 3 heterocycles. The van der Waals surface area contributed by atoms with Gasteiger partial charge in [-0.1, -0.05) is 0 Å². The largest absolute Gasteiger partial charge is 0.490 e. The van der Waals surface area contributed by atoms with E-state index < -0.39 is 12.1 Å². The number of hydrogen-bond acceptors (Lipinski definition) is 7. The number of carboxylic acid groups (broad SMARTS) is 1. The first-order valence-corrected chi connectivity index (χ1v) is 8.91. The first-order chi connectivity index (χ1) is 13.7. The van der Waals surface area contributed by atoms with Gasteiger partial charge in [-0.2, -0.15) is 13.2 Å². The van der Waals surface area contributed by atoms with Crippen LogP contribution in [0.25, 0.3) is 0 Å². The zero-order valence-electron chi connectivity index (χ0n) is 16.0. The number of carboxylic acids is 1. The lowest BCUT2D eigenvalue weighted by Gasteiger charge is -2.44. The van der Waals surface area contributed by atoms with E-state index in [1.807, 2.05) is 6.07 Å². The molecule has 0 radical (unpaired) electrons. The Morgan fingerprint density at radius 1 is 1.34 bits per heavy atom. The van der Waals surface area contributed by atoms with Crippen LogP contribution in [0.5, 0.6) is 5.88 Å². The zero-order valence-corrected chi connectivity index (χ0v) is 16.0. The smallest absolute Gasteiger partial charge is 0.481 e. The van der Waals surface area contributed by atoms with Gasteiger partial charge in [0, 0.05) is 44.6 Å². The van der Waals surface area contributed by atoms with Gasteiger partial charge in [-0.15, -0.1) is 0 Å². The Morgan fingerprint density at radius 2 is 2.03 bits per heavy atom. The van der Waals surface area contributed by atoms with Crippen LogP contribution in [0.1, 0.15) is 12.8 Å². The van der Waals surface area contributed by atoms with Gasteiger partial charge in [0.05, 0.1) is 13.2 Å². The first-order valence-electron chi connectivity index (χ1n) is 8.91. The number of nitrogens with zero attached hydrogens (tertiary/aromatic N) is 3. The molecule has 1 amide bonds. The summed E-state index contributed by atoms with van der Waals surface area (Å²) in [6, 6.07) is 1.83. The van der Waals surface area contributed by atoms with E-state index in [0.29, 0.717) is 12.5 Å². The third kappa shape index (κ3) is 5.92. The Morgan fingerprint density at radius 3 is 2.62 bits per heavy atom. The van der Waals surface area contributed by atoms with Gasteiger partial charge in [-0.3, -0.25) is 4.79 Å². The lowest BCUT2D eigenvalue weighted by atomic mass is 9.79. The molecule has 1 aromatic rings. The molecule has 162 valence electrons. The minimum atomic E-state index is -5.08. The molecule has 9 nitrogen and oxygen atoms in total. The van der Waals surface area contributed by atoms with Crippen molar-refractivity contribution < 1.29 is 37.3 Å². The number of carbonyl (C=O) groups is 2. The summed E-state index contributed by atoms with van der Waals surface area (Å²) in [6.07, 6.45) is -1.73. The van der Waals surface area contributed by atoms with Crippen molar-refractivity contribution in [3.8, 4) is 5.88 Å². The van der Waals surface area contributed by atoms with Crippen molar-refractivity contribution >= 4 is 17.7 Å². The molecule has 2 saturated heterocycles. The molecule has 29 heavy (non-hydrogen) atoms. The summed E-state index contributed by atoms with van der Waals surface area (Å²) in [5.41, 5.74) is 0. The van der Waals surface area contributed by atoms with Crippen molar-refractivity contribution in [2.45, 2.75) is 25.1 Å². The average Bonchev–Trinajstić information content (AvgIpc) is 2.72. The number of aliphatic carboxylic acids is 1. The van der Waals surface area contributed by atoms with Crippen molar-refractivity contribution in [2.75, 3.05) is 38.8 Å². The van der Waals surface area contributed by atoms with E-state index in [2.05, 4.69) is 20.2 Å². The normalized spacial score (nSPS) is 23.9. The number of ether oxygens (including phenoxy) is 2. The van der Waals surface area contributed by atoms with E-state index in [9.17, 15) is 18.0 Å². The summed E-state index contributed by atoms with van der Waals surface area (Å²) < 4.78 is 42.8. The number of aromatic nitrogens is 2. The molecule has 2 aliphatic heterocycles. The molecule has 12 heteroatoms. The second kappa shape index (κ2) is 9.72. The topological polar surface area (TPSA) is 114 Å². The fourth-order valence-electron chi connectivity index (χ4n) is 3.45. The number of carbonyl (C=O) groups excluding carboxylic acids is 1. The third-order valence-corrected chi connectivity index (χ3v) is 4.86.